The summed E-state index contributed by atoms with van der Waals surface area (Å²) in [5.41, 5.74) is 3.13. The minimum atomic E-state index is -0.749. The zero-order valence-electron chi connectivity index (χ0n) is 14.4. The molecule has 0 aliphatic heterocycles. The lowest BCUT2D eigenvalue weighted by Gasteiger charge is -2.15. The van der Waals surface area contributed by atoms with Gasteiger partial charge in [-0.3, -0.25) is 0 Å². The minimum absolute atomic E-state index is 0.286. The summed E-state index contributed by atoms with van der Waals surface area (Å²) >= 11 is 6.36. The van der Waals surface area contributed by atoms with Crippen LogP contribution in [-0.4, -0.2) is 13.3 Å². The molecule has 0 atom stereocenters. The molecule has 2 aromatic carbocycles. The molecule has 0 aromatic heterocycles. The number of rotatable bonds is 6. The third kappa shape index (κ3) is 4.26. The zero-order chi connectivity index (χ0) is 17.8. The van der Waals surface area contributed by atoms with Crippen LogP contribution in [0.2, 0.25) is 5.02 Å². The van der Waals surface area contributed by atoms with Gasteiger partial charge in [-0.2, -0.15) is 0 Å². The molecule has 0 unspecified atom stereocenters. The number of carbonyl (C=O) groups excluding carboxylic acids is 1. The second-order valence-corrected chi connectivity index (χ2v) is 6.47. The number of hydrogen-bond acceptors (Lipinski definition) is 4. The number of aryl methyl sites for hydroxylation is 1. The monoisotopic (exact) mass is 360 g/mol. The van der Waals surface area contributed by atoms with Crippen LogP contribution in [0, 0.1) is 0 Å². The highest BCUT2D eigenvalue weighted by Crippen LogP contribution is 2.46. The van der Waals surface area contributed by atoms with Crippen molar-refractivity contribution in [2.75, 3.05) is 7.11 Å². The summed E-state index contributed by atoms with van der Waals surface area (Å²) in [6, 6.07) is 11.3. The van der Waals surface area contributed by atoms with Gasteiger partial charge in [-0.25, -0.2) is 4.79 Å². The van der Waals surface area contributed by atoms with Gasteiger partial charge in [0.15, 0.2) is 0 Å². The highest BCUT2D eigenvalue weighted by molar-refractivity contribution is 6.31. The molecular weight excluding hydrogens is 340 g/mol. The predicted octanol–water partition coefficient (Wildman–Crippen LogP) is 5.50. The molecule has 1 saturated carbocycles. The van der Waals surface area contributed by atoms with Crippen LogP contribution < -0.4 is 9.47 Å². The van der Waals surface area contributed by atoms with Crippen molar-refractivity contribution in [2.45, 2.75) is 38.7 Å². The lowest BCUT2D eigenvalue weighted by Crippen LogP contribution is -2.10. The Balaban J connectivity index is 1.80. The molecule has 0 spiro atoms. The lowest BCUT2D eigenvalue weighted by molar-refractivity contribution is 0.120. The van der Waals surface area contributed by atoms with E-state index in [4.69, 9.17) is 21.1 Å². The quantitative estimate of drug-likeness (QED) is 0.503. The van der Waals surface area contributed by atoms with Crippen LogP contribution in [-0.2, 0) is 17.8 Å². The highest BCUT2D eigenvalue weighted by atomic mass is 35.5. The Morgan fingerprint density at radius 2 is 1.92 bits per heavy atom. The molecule has 4 nitrogen and oxygen atoms in total. The van der Waals surface area contributed by atoms with Crippen molar-refractivity contribution in [1.82, 2.24) is 0 Å². The molecule has 1 aliphatic rings. The van der Waals surface area contributed by atoms with Gasteiger partial charge in [-0.15, -0.1) is 0 Å². The maximum absolute atomic E-state index is 11.4. The van der Waals surface area contributed by atoms with Crippen molar-refractivity contribution >= 4 is 17.8 Å². The SMILES string of the molecule is CCc1cc(C2CC2)c(OCc2ccccc2OC(=O)OC)cc1Cl. The number of halogens is 1. The summed E-state index contributed by atoms with van der Waals surface area (Å²) in [5.74, 6) is 1.79. The molecule has 3 rings (SSSR count). The van der Waals surface area contributed by atoms with E-state index >= 15 is 0 Å². The molecule has 25 heavy (non-hydrogen) atoms. The smallest absolute Gasteiger partial charge is 0.488 e. The van der Waals surface area contributed by atoms with Gasteiger partial charge in [0, 0.05) is 10.6 Å². The topological polar surface area (TPSA) is 44.8 Å². The van der Waals surface area contributed by atoms with Gasteiger partial charge in [-0.1, -0.05) is 42.8 Å². The number of benzene rings is 2. The Hall–Kier alpha value is -2.20. The van der Waals surface area contributed by atoms with Crippen molar-refractivity contribution in [3.8, 4) is 11.5 Å². The Morgan fingerprint density at radius 1 is 1.16 bits per heavy atom. The summed E-state index contributed by atoms with van der Waals surface area (Å²) in [7, 11) is 1.28. The van der Waals surface area contributed by atoms with Crippen LogP contribution in [0.4, 0.5) is 4.79 Å². The van der Waals surface area contributed by atoms with Gasteiger partial charge in [0.2, 0.25) is 0 Å². The molecule has 2 aromatic rings. The largest absolute Gasteiger partial charge is 0.513 e. The van der Waals surface area contributed by atoms with Crippen LogP contribution in [0.1, 0.15) is 42.4 Å². The summed E-state index contributed by atoms with van der Waals surface area (Å²) in [4.78, 5) is 11.4. The van der Waals surface area contributed by atoms with Crippen LogP contribution in [0.5, 0.6) is 11.5 Å². The normalized spacial score (nSPS) is 13.4. The van der Waals surface area contributed by atoms with Gasteiger partial charge in [-0.05, 0) is 48.4 Å². The number of carbonyl (C=O) groups is 1. The predicted molar refractivity (Wildman–Crippen MR) is 96.6 cm³/mol. The lowest BCUT2D eigenvalue weighted by atomic mass is 10.0. The van der Waals surface area contributed by atoms with Crippen molar-refractivity contribution in [3.05, 3.63) is 58.1 Å². The number of methoxy groups -OCH3 is 1. The Morgan fingerprint density at radius 3 is 2.60 bits per heavy atom. The van der Waals surface area contributed by atoms with E-state index in [0.29, 0.717) is 11.7 Å². The van der Waals surface area contributed by atoms with E-state index in [1.165, 1.54) is 25.5 Å². The van der Waals surface area contributed by atoms with Crippen LogP contribution in [0.15, 0.2) is 36.4 Å². The minimum Gasteiger partial charge on any atom is -0.488 e. The Kier molecular flexibility index (Phi) is 5.49. The maximum Gasteiger partial charge on any atom is 0.513 e. The first-order chi connectivity index (χ1) is 12.1. The average Bonchev–Trinajstić information content (AvgIpc) is 3.46. The van der Waals surface area contributed by atoms with Gasteiger partial charge in [0.1, 0.15) is 18.1 Å². The number of hydrogen-bond donors (Lipinski definition) is 0. The molecule has 132 valence electrons. The fraction of sp³-hybridized carbons (Fsp3) is 0.350. The molecular formula is C20H21ClO4. The van der Waals surface area contributed by atoms with E-state index in [1.54, 1.807) is 12.1 Å². The van der Waals surface area contributed by atoms with E-state index in [1.807, 2.05) is 18.2 Å². The first kappa shape index (κ1) is 17.6. The summed E-state index contributed by atoms with van der Waals surface area (Å²) < 4.78 is 15.8. The standard InChI is InChI=1S/C20H21ClO4/c1-3-13-10-16(14-8-9-14)19(11-17(13)21)24-12-15-6-4-5-7-18(15)25-20(22)23-2/h4-7,10-11,14H,3,8-9,12H2,1-2H3. The number of ether oxygens (including phenoxy) is 3. The summed E-state index contributed by atoms with van der Waals surface area (Å²) in [6.45, 7) is 2.38. The molecule has 0 N–H and O–H groups in total. The number of para-hydroxylation sites is 1. The second kappa shape index (κ2) is 7.79. The van der Waals surface area contributed by atoms with Gasteiger partial charge in [0.05, 0.1) is 7.11 Å². The van der Waals surface area contributed by atoms with Crippen LogP contribution >= 0.6 is 11.6 Å². The van der Waals surface area contributed by atoms with Gasteiger partial charge >= 0.3 is 6.16 Å². The van der Waals surface area contributed by atoms with E-state index in [9.17, 15) is 4.79 Å². The molecule has 0 saturated heterocycles. The third-order valence-corrected chi connectivity index (χ3v) is 4.64. The van der Waals surface area contributed by atoms with E-state index < -0.39 is 6.16 Å². The summed E-state index contributed by atoms with van der Waals surface area (Å²) in [5, 5.41) is 0.723. The second-order valence-electron chi connectivity index (χ2n) is 6.06. The van der Waals surface area contributed by atoms with Crippen LogP contribution in [0.3, 0.4) is 0 Å². The average molecular weight is 361 g/mol. The van der Waals surface area contributed by atoms with Crippen molar-refractivity contribution < 1.29 is 19.0 Å². The van der Waals surface area contributed by atoms with Crippen molar-refractivity contribution in [2.24, 2.45) is 0 Å². The Bertz CT molecular complexity index is 768. The molecule has 5 heteroatoms. The molecule has 0 radical (unpaired) electrons. The first-order valence-electron chi connectivity index (χ1n) is 8.41. The third-order valence-electron chi connectivity index (χ3n) is 4.29. The molecule has 1 aliphatic carbocycles. The van der Waals surface area contributed by atoms with E-state index in [2.05, 4.69) is 17.7 Å². The Labute approximate surface area is 152 Å². The van der Waals surface area contributed by atoms with E-state index in [-0.39, 0.29) is 6.61 Å². The van der Waals surface area contributed by atoms with E-state index in [0.717, 1.165) is 28.3 Å². The fourth-order valence-corrected chi connectivity index (χ4v) is 3.03. The summed E-state index contributed by atoms with van der Waals surface area (Å²) in [6.07, 6.45) is 2.52. The van der Waals surface area contributed by atoms with Crippen LogP contribution in [0.25, 0.3) is 0 Å². The first-order valence-corrected chi connectivity index (χ1v) is 8.79. The van der Waals surface area contributed by atoms with Gasteiger partial charge in [0.25, 0.3) is 0 Å². The molecule has 0 heterocycles. The van der Waals surface area contributed by atoms with Crippen molar-refractivity contribution in [1.29, 1.82) is 0 Å². The molecule has 0 amide bonds. The highest BCUT2D eigenvalue weighted by Gasteiger charge is 2.28. The molecule has 1 fully saturated rings. The van der Waals surface area contributed by atoms with Gasteiger partial charge < -0.3 is 14.2 Å². The molecule has 0 bridgehead atoms. The zero-order valence-corrected chi connectivity index (χ0v) is 15.1. The fourth-order valence-electron chi connectivity index (χ4n) is 2.74. The van der Waals surface area contributed by atoms with Crippen molar-refractivity contribution in [3.63, 3.8) is 0 Å². The maximum atomic E-state index is 11.4.